The molecule has 1 fully saturated rings. The summed E-state index contributed by atoms with van der Waals surface area (Å²) in [5.41, 5.74) is 1.57. The van der Waals surface area contributed by atoms with Gasteiger partial charge in [-0.1, -0.05) is 41.4 Å². The van der Waals surface area contributed by atoms with Crippen molar-refractivity contribution in [3.63, 3.8) is 0 Å². The highest BCUT2D eigenvalue weighted by Crippen LogP contribution is 2.49. The first kappa shape index (κ1) is 24.2. The van der Waals surface area contributed by atoms with Gasteiger partial charge in [0.25, 0.3) is 0 Å². The molecular weight excluding hydrogens is 495 g/mol. The largest absolute Gasteiger partial charge is 0.480 e. The zero-order valence-electron chi connectivity index (χ0n) is 17.9. The molecule has 9 heteroatoms. The maximum atomic E-state index is 13.7. The van der Waals surface area contributed by atoms with Gasteiger partial charge in [-0.2, -0.15) is 9.57 Å². The van der Waals surface area contributed by atoms with Crippen molar-refractivity contribution >= 4 is 39.2 Å². The molecule has 0 unspecified atom stereocenters. The van der Waals surface area contributed by atoms with Gasteiger partial charge < -0.3 is 5.11 Å². The summed E-state index contributed by atoms with van der Waals surface area (Å²) in [5, 5.41) is 19.6. The third-order valence-electron chi connectivity index (χ3n) is 6.10. The van der Waals surface area contributed by atoms with Crippen LogP contribution in [0.3, 0.4) is 0 Å². The standard InChI is InChI=1S/C25H20Cl2N2O4S/c26-21-12-19(13-22(27)14-21)18-3-1-4-20(11-18)25(9-2-10-25)29(16-24(30)31)34(32,33)23-7-5-17(15-28)6-8-23/h1,3-8,11-14H,2,9-10,16H2,(H,30,31). The van der Waals surface area contributed by atoms with E-state index >= 15 is 0 Å². The molecule has 174 valence electrons. The van der Waals surface area contributed by atoms with E-state index in [4.69, 9.17) is 28.5 Å². The molecule has 0 radical (unpaired) electrons. The first-order valence-corrected chi connectivity index (χ1v) is 12.7. The van der Waals surface area contributed by atoms with Crippen LogP contribution in [0.15, 0.2) is 71.6 Å². The molecule has 1 N–H and O–H groups in total. The molecular formula is C25H20Cl2N2O4S. The quantitative estimate of drug-likeness (QED) is 0.436. The minimum Gasteiger partial charge on any atom is -0.480 e. The molecule has 1 saturated carbocycles. The van der Waals surface area contributed by atoms with Crippen molar-refractivity contribution in [3.8, 4) is 17.2 Å². The van der Waals surface area contributed by atoms with Gasteiger partial charge in [0.2, 0.25) is 10.0 Å². The molecule has 1 aliphatic rings. The second-order valence-electron chi connectivity index (χ2n) is 8.17. The summed E-state index contributed by atoms with van der Waals surface area (Å²) in [6, 6.07) is 20.0. The number of rotatable bonds is 7. The first-order valence-electron chi connectivity index (χ1n) is 10.5. The summed E-state index contributed by atoms with van der Waals surface area (Å²) >= 11 is 12.3. The van der Waals surface area contributed by atoms with E-state index in [2.05, 4.69) is 0 Å². The maximum Gasteiger partial charge on any atom is 0.318 e. The van der Waals surface area contributed by atoms with Crippen LogP contribution in [0.25, 0.3) is 11.1 Å². The van der Waals surface area contributed by atoms with E-state index in [1.54, 1.807) is 18.2 Å². The molecule has 0 heterocycles. The van der Waals surface area contributed by atoms with Crippen LogP contribution in [0.2, 0.25) is 10.0 Å². The van der Waals surface area contributed by atoms with Gasteiger partial charge in [-0.05, 0) is 84.5 Å². The summed E-state index contributed by atoms with van der Waals surface area (Å²) in [4.78, 5) is 11.7. The molecule has 0 aliphatic heterocycles. The van der Waals surface area contributed by atoms with Crippen molar-refractivity contribution in [2.75, 3.05) is 6.54 Å². The van der Waals surface area contributed by atoms with Crippen LogP contribution in [0.4, 0.5) is 0 Å². The molecule has 0 saturated heterocycles. The van der Waals surface area contributed by atoms with Crippen molar-refractivity contribution in [3.05, 3.63) is 87.9 Å². The Hall–Kier alpha value is -2.89. The fourth-order valence-corrected chi connectivity index (χ4v) is 6.61. The van der Waals surface area contributed by atoms with E-state index < -0.39 is 28.1 Å². The predicted octanol–water partition coefficient (Wildman–Crippen LogP) is 5.69. The topological polar surface area (TPSA) is 98.5 Å². The lowest BCUT2D eigenvalue weighted by atomic mass is 9.71. The van der Waals surface area contributed by atoms with Crippen molar-refractivity contribution < 1.29 is 18.3 Å². The minimum atomic E-state index is -4.18. The Labute approximate surface area is 208 Å². The van der Waals surface area contributed by atoms with Crippen molar-refractivity contribution in [1.82, 2.24) is 4.31 Å². The SMILES string of the molecule is N#Cc1ccc(S(=O)(=O)N(CC(=O)O)C2(c3cccc(-c4cc(Cl)cc(Cl)c4)c3)CCC2)cc1. The molecule has 6 nitrogen and oxygen atoms in total. The van der Waals surface area contributed by atoms with Gasteiger partial charge in [-0.25, -0.2) is 8.42 Å². The number of benzene rings is 3. The first-order chi connectivity index (χ1) is 16.2. The molecule has 0 amide bonds. The van der Waals surface area contributed by atoms with E-state index in [0.29, 0.717) is 34.0 Å². The second-order valence-corrected chi connectivity index (χ2v) is 10.9. The van der Waals surface area contributed by atoms with Crippen molar-refractivity contribution in [2.45, 2.75) is 29.7 Å². The third-order valence-corrected chi connectivity index (χ3v) is 8.47. The Kier molecular flexibility index (Phi) is 6.70. The fourth-order valence-electron chi connectivity index (χ4n) is 4.32. The molecule has 0 aromatic heterocycles. The zero-order chi connectivity index (χ0) is 24.5. The number of carbonyl (C=O) groups is 1. The number of carboxylic acids is 1. The number of nitriles is 1. The fraction of sp³-hybridized carbons (Fsp3) is 0.200. The Balaban J connectivity index is 1.82. The number of halogens is 2. The van der Waals surface area contributed by atoms with Crippen LogP contribution in [0.5, 0.6) is 0 Å². The number of hydrogen-bond acceptors (Lipinski definition) is 4. The van der Waals surface area contributed by atoms with Crippen LogP contribution in [-0.2, 0) is 20.4 Å². The lowest BCUT2D eigenvalue weighted by Gasteiger charge is -2.49. The number of nitrogens with zero attached hydrogens (tertiary/aromatic N) is 2. The molecule has 0 spiro atoms. The Morgan fingerprint density at radius 2 is 1.65 bits per heavy atom. The highest BCUT2D eigenvalue weighted by atomic mass is 35.5. The number of aliphatic carboxylic acids is 1. The van der Waals surface area contributed by atoms with Crippen LogP contribution in [0, 0.1) is 11.3 Å². The zero-order valence-corrected chi connectivity index (χ0v) is 20.2. The van der Waals surface area contributed by atoms with Gasteiger partial charge in [0.05, 0.1) is 22.1 Å². The van der Waals surface area contributed by atoms with Gasteiger partial charge in [0.1, 0.15) is 6.54 Å². The normalized spacial score (nSPS) is 14.9. The van der Waals surface area contributed by atoms with E-state index in [-0.39, 0.29) is 4.90 Å². The summed E-state index contributed by atoms with van der Waals surface area (Å²) in [7, 11) is -4.18. The van der Waals surface area contributed by atoms with Crippen molar-refractivity contribution in [2.24, 2.45) is 0 Å². The van der Waals surface area contributed by atoms with Gasteiger partial charge >= 0.3 is 5.97 Å². The average Bonchev–Trinajstić information content (AvgIpc) is 2.77. The van der Waals surface area contributed by atoms with E-state index in [1.165, 1.54) is 24.3 Å². The van der Waals surface area contributed by atoms with Gasteiger partial charge in [-0.15, -0.1) is 0 Å². The average molecular weight is 515 g/mol. The van der Waals surface area contributed by atoms with Crippen LogP contribution in [0.1, 0.15) is 30.4 Å². The number of carboxylic acid groups (broad SMARTS) is 1. The number of hydrogen-bond donors (Lipinski definition) is 1. The Bertz CT molecular complexity index is 1370. The summed E-state index contributed by atoms with van der Waals surface area (Å²) < 4.78 is 28.4. The highest BCUT2D eigenvalue weighted by molar-refractivity contribution is 7.89. The monoisotopic (exact) mass is 514 g/mol. The molecule has 1 aliphatic carbocycles. The number of sulfonamides is 1. The smallest absolute Gasteiger partial charge is 0.318 e. The Morgan fingerprint density at radius 3 is 2.18 bits per heavy atom. The Morgan fingerprint density at radius 1 is 1.00 bits per heavy atom. The highest BCUT2D eigenvalue weighted by Gasteiger charge is 2.50. The van der Waals surface area contributed by atoms with E-state index in [1.807, 2.05) is 30.3 Å². The summed E-state index contributed by atoms with van der Waals surface area (Å²) in [5.74, 6) is -1.25. The molecule has 4 rings (SSSR count). The minimum absolute atomic E-state index is 0.0585. The molecule has 34 heavy (non-hydrogen) atoms. The van der Waals surface area contributed by atoms with Gasteiger partial charge in [-0.3, -0.25) is 4.79 Å². The molecule has 3 aromatic rings. The second kappa shape index (κ2) is 9.40. The van der Waals surface area contributed by atoms with Crippen LogP contribution in [-0.4, -0.2) is 30.3 Å². The summed E-state index contributed by atoms with van der Waals surface area (Å²) in [6.45, 7) is -0.685. The van der Waals surface area contributed by atoms with Crippen LogP contribution < -0.4 is 0 Å². The van der Waals surface area contributed by atoms with Gasteiger partial charge in [0, 0.05) is 10.0 Å². The third kappa shape index (κ3) is 4.55. The van der Waals surface area contributed by atoms with Crippen LogP contribution >= 0.6 is 23.2 Å². The molecule has 0 atom stereocenters. The van der Waals surface area contributed by atoms with Crippen molar-refractivity contribution in [1.29, 1.82) is 5.26 Å². The van der Waals surface area contributed by atoms with Gasteiger partial charge in [0.15, 0.2) is 0 Å². The van der Waals surface area contributed by atoms with E-state index in [9.17, 15) is 18.3 Å². The van der Waals surface area contributed by atoms with E-state index in [0.717, 1.165) is 21.9 Å². The molecule has 0 bridgehead atoms. The lowest BCUT2D eigenvalue weighted by molar-refractivity contribution is -0.139. The maximum absolute atomic E-state index is 13.7. The molecule has 3 aromatic carbocycles. The lowest BCUT2D eigenvalue weighted by Crippen LogP contribution is -2.55. The predicted molar refractivity (Wildman–Crippen MR) is 130 cm³/mol. The summed E-state index contributed by atoms with van der Waals surface area (Å²) in [6.07, 6.45) is 1.72.